The SMILES string of the molecule is O=C(O)[C@H](O)[C@@H](O)[C@H](O)[C@H](O)CO.O=P([O-])([O-])[O-].O=P([O-])([O-])[O-].[Ca+2].[Ca+2].[Ca+2]. The fourth-order valence-corrected chi connectivity index (χ4v) is 0.668. The molecular weight excluding hydrogens is 494 g/mol. The van der Waals surface area contributed by atoms with Gasteiger partial charge in [0.1, 0.15) is 18.3 Å². The fourth-order valence-electron chi connectivity index (χ4n) is 0.668. The minimum absolute atomic E-state index is 0. The summed E-state index contributed by atoms with van der Waals surface area (Å²) < 4.78 is 17.1. The molecule has 0 bridgehead atoms. The molecule has 0 aliphatic carbocycles. The largest absolute Gasteiger partial charge is 2.00 e. The van der Waals surface area contributed by atoms with Crippen molar-refractivity contribution in [2.45, 2.75) is 24.4 Å². The molecule has 0 amide bonds. The summed E-state index contributed by atoms with van der Waals surface area (Å²) in [5, 5.41) is 51.8. The van der Waals surface area contributed by atoms with Crippen molar-refractivity contribution in [3.8, 4) is 0 Å². The summed E-state index contributed by atoms with van der Waals surface area (Å²) in [6, 6.07) is 0. The first-order chi connectivity index (χ1) is 9.91. The van der Waals surface area contributed by atoms with Crippen molar-refractivity contribution in [3.05, 3.63) is 0 Å². The van der Waals surface area contributed by atoms with Crippen LogP contribution in [0.5, 0.6) is 0 Å². The van der Waals surface area contributed by atoms with Crippen LogP contribution in [0.3, 0.4) is 0 Å². The van der Waals surface area contributed by atoms with Crippen molar-refractivity contribution in [1.82, 2.24) is 0 Å². The Morgan fingerprint density at radius 2 is 1.00 bits per heavy atom. The van der Waals surface area contributed by atoms with Gasteiger partial charge >= 0.3 is 119 Å². The Kier molecular flexibility index (Phi) is 35.7. The van der Waals surface area contributed by atoms with Crippen LogP contribution in [-0.2, 0) is 13.9 Å². The third kappa shape index (κ3) is 41.6. The number of hydrogen-bond acceptors (Lipinski definition) is 14. The molecule has 26 heavy (non-hydrogen) atoms. The molecule has 142 valence electrons. The molecule has 0 saturated heterocycles. The third-order valence-corrected chi connectivity index (χ3v) is 1.51. The van der Waals surface area contributed by atoms with Crippen LogP contribution in [-0.4, -0.2) is 181 Å². The van der Waals surface area contributed by atoms with Crippen LogP contribution >= 0.6 is 15.6 Å². The number of carboxylic acid groups (broad SMARTS) is 1. The summed E-state index contributed by atoms with van der Waals surface area (Å²) in [6.45, 7) is -0.843. The first kappa shape index (κ1) is 43.2. The summed E-state index contributed by atoms with van der Waals surface area (Å²) in [6.07, 6.45) is -7.84. The zero-order valence-corrected chi connectivity index (χ0v) is 21.3. The molecule has 15 nitrogen and oxygen atoms in total. The number of aliphatic hydroxyl groups excluding tert-OH is 5. The Morgan fingerprint density at radius 1 is 0.769 bits per heavy atom. The molecule has 0 aromatic carbocycles. The molecule has 0 aliphatic rings. The average Bonchev–Trinajstić information content (AvgIpc) is 2.30. The predicted molar refractivity (Wildman–Crippen MR) is 71.2 cm³/mol. The topological polar surface area (TPSA) is 311 Å². The van der Waals surface area contributed by atoms with Crippen molar-refractivity contribution < 1.29 is 73.9 Å². The van der Waals surface area contributed by atoms with Gasteiger partial charge in [-0.05, 0) is 0 Å². The molecule has 0 rings (SSSR count). The van der Waals surface area contributed by atoms with E-state index in [9.17, 15) is 4.79 Å². The van der Waals surface area contributed by atoms with E-state index in [0.29, 0.717) is 0 Å². The van der Waals surface area contributed by atoms with Gasteiger partial charge in [-0.25, -0.2) is 4.79 Å². The van der Waals surface area contributed by atoms with Gasteiger partial charge in [0.05, 0.1) is 6.61 Å². The van der Waals surface area contributed by atoms with E-state index in [1.54, 1.807) is 0 Å². The molecular formula is C6H12Ca3O15P2. The Bertz CT molecular complexity index is 389. The second-order valence-corrected chi connectivity index (χ2v) is 5.20. The predicted octanol–water partition coefficient (Wildman–Crippen LogP) is -10.3. The summed E-state index contributed by atoms with van der Waals surface area (Å²) in [5.74, 6) is -1.73. The van der Waals surface area contributed by atoms with Gasteiger partial charge in [0, 0.05) is 0 Å². The van der Waals surface area contributed by atoms with E-state index in [4.69, 9.17) is 69.1 Å². The number of aliphatic carboxylic acids is 1. The first-order valence-electron chi connectivity index (χ1n) is 4.93. The molecule has 0 unspecified atom stereocenters. The smallest absolute Gasteiger partial charge is 0.822 e. The molecule has 0 aliphatic heterocycles. The minimum Gasteiger partial charge on any atom is -0.822 e. The molecule has 4 atom stereocenters. The minimum atomic E-state index is -5.39. The molecule has 6 N–H and O–H groups in total. The number of carbonyl (C=O) groups is 1. The van der Waals surface area contributed by atoms with Crippen LogP contribution in [0.1, 0.15) is 0 Å². The normalized spacial score (nSPS) is 14.7. The summed E-state index contributed by atoms with van der Waals surface area (Å²) >= 11 is 0. The third-order valence-electron chi connectivity index (χ3n) is 1.51. The second-order valence-electron chi connectivity index (χ2n) is 3.41. The molecule has 0 heterocycles. The van der Waals surface area contributed by atoms with E-state index >= 15 is 0 Å². The molecule has 0 radical (unpaired) electrons. The van der Waals surface area contributed by atoms with Gasteiger partial charge in [-0.3, -0.25) is 0 Å². The maximum absolute atomic E-state index is 10.1. The van der Waals surface area contributed by atoms with Crippen LogP contribution in [0.4, 0.5) is 0 Å². The van der Waals surface area contributed by atoms with Crippen LogP contribution in [0.25, 0.3) is 0 Å². The zero-order chi connectivity index (χ0) is 19.6. The van der Waals surface area contributed by atoms with Gasteiger partial charge in [-0.2, -0.15) is 15.6 Å². The summed E-state index contributed by atoms with van der Waals surface area (Å²) in [7, 11) is -10.8. The quantitative estimate of drug-likeness (QED) is 0.149. The second kappa shape index (κ2) is 21.5. The van der Waals surface area contributed by atoms with E-state index in [1.807, 2.05) is 0 Å². The average molecular weight is 506 g/mol. The van der Waals surface area contributed by atoms with E-state index in [-0.39, 0.29) is 113 Å². The van der Waals surface area contributed by atoms with E-state index in [0.717, 1.165) is 0 Å². The molecule has 0 spiro atoms. The van der Waals surface area contributed by atoms with E-state index in [2.05, 4.69) is 0 Å². The van der Waals surface area contributed by atoms with Crippen molar-refractivity contribution in [3.63, 3.8) is 0 Å². The first-order valence-corrected chi connectivity index (χ1v) is 7.86. The van der Waals surface area contributed by atoms with E-state index < -0.39 is 52.6 Å². The summed E-state index contributed by atoms with van der Waals surface area (Å²) in [4.78, 5) is 61.4. The van der Waals surface area contributed by atoms with Crippen LogP contribution in [0, 0.1) is 0 Å². The Labute approximate surface area is 236 Å². The zero-order valence-electron chi connectivity index (χ0n) is 12.9. The molecule has 0 fully saturated rings. The maximum Gasteiger partial charge on any atom is 2.00 e. The van der Waals surface area contributed by atoms with Gasteiger partial charge in [0.15, 0.2) is 6.10 Å². The van der Waals surface area contributed by atoms with Gasteiger partial charge < -0.3 is 69.1 Å². The summed E-state index contributed by atoms with van der Waals surface area (Å²) in [5.41, 5.74) is 0. The maximum atomic E-state index is 10.1. The Morgan fingerprint density at radius 3 is 1.15 bits per heavy atom. The molecule has 20 heteroatoms. The fraction of sp³-hybridized carbons (Fsp3) is 0.833. The number of hydrogen-bond donors (Lipinski definition) is 6. The Hall–Kier alpha value is 3.27. The number of carboxylic acids is 1. The van der Waals surface area contributed by atoms with Crippen molar-refractivity contribution in [2.75, 3.05) is 6.61 Å². The van der Waals surface area contributed by atoms with E-state index in [1.165, 1.54) is 0 Å². The molecule has 0 aromatic rings. The van der Waals surface area contributed by atoms with Crippen molar-refractivity contribution in [1.29, 1.82) is 0 Å². The molecule has 0 saturated carbocycles. The van der Waals surface area contributed by atoms with Gasteiger partial charge in [-0.1, -0.05) is 0 Å². The van der Waals surface area contributed by atoms with Crippen LogP contribution < -0.4 is 29.4 Å². The van der Waals surface area contributed by atoms with Gasteiger partial charge in [0.2, 0.25) is 0 Å². The monoisotopic (exact) mass is 506 g/mol. The standard InChI is InChI=1S/C6H12O7.3Ca.2H3O4P/c7-1-2(8)3(9)4(10)5(11)6(12)13;;;;2*1-5(2,3)4/h2-5,7-11H,1H2,(H,12,13);;;;2*(H3,1,2,3,4)/q;3*+2;;/p-6/t2-,3-,4+,5-;;;;;/m1...../s1. The van der Waals surface area contributed by atoms with Crippen molar-refractivity contribution in [2.24, 2.45) is 0 Å². The number of aliphatic hydroxyl groups is 5. The molecule has 0 aromatic heterocycles. The Balaban J connectivity index is -0.0000000652. The van der Waals surface area contributed by atoms with Crippen molar-refractivity contribution >= 4 is 135 Å². The number of rotatable bonds is 5. The van der Waals surface area contributed by atoms with Gasteiger partial charge in [-0.15, -0.1) is 0 Å². The number of phosphoric acid groups is 2. The van der Waals surface area contributed by atoms with Gasteiger partial charge in [0.25, 0.3) is 0 Å². The van der Waals surface area contributed by atoms with Crippen LogP contribution in [0.2, 0.25) is 0 Å². The van der Waals surface area contributed by atoms with Crippen LogP contribution in [0.15, 0.2) is 0 Å².